The molecule has 0 fully saturated rings. The minimum Gasteiger partial charge on any atom is -0.493 e. The fraction of sp³-hybridized carbons (Fsp3) is 0.316. The predicted molar refractivity (Wildman–Crippen MR) is 99.3 cm³/mol. The molecule has 0 bridgehead atoms. The molecule has 0 saturated heterocycles. The maximum Gasteiger partial charge on any atom is 0.243 e. The van der Waals surface area contributed by atoms with Gasteiger partial charge in [-0.15, -0.1) is 0 Å². The molecule has 0 atom stereocenters. The Labute approximate surface area is 154 Å². The van der Waals surface area contributed by atoms with Crippen LogP contribution in [0.3, 0.4) is 0 Å². The van der Waals surface area contributed by atoms with Gasteiger partial charge in [0.15, 0.2) is 17.3 Å². The van der Waals surface area contributed by atoms with E-state index < -0.39 is 10.0 Å². The zero-order valence-corrected chi connectivity index (χ0v) is 16.2. The van der Waals surface area contributed by atoms with Crippen LogP contribution in [0.4, 0.5) is 0 Å². The molecule has 0 amide bonds. The van der Waals surface area contributed by atoms with E-state index in [1.54, 1.807) is 25.3 Å². The van der Waals surface area contributed by atoms with Crippen molar-refractivity contribution in [2.24, 2.45) is 0 Å². The first-order valence-corrected chi connectivity index (χ1v) is 9.60. The number of ether oxygens (including phenoxy) is 2. The van der Waals surface area contributed by atoms with E-state index in [4.69, 9.17) is 9.47 Å². The van der Waals surface area contributed by atoms with E-state index in [2.05, 4.69) is 0 Å². The van der Waals surface area contributed by atoms with E-state index in [0.29, 0.717) is 23.7 Å². The molecule has 2 rings (SSSR count). The standard InChI is InChI=1S/C19H23NO5S/c1-5-25-18-11-6-15(12-19(18)24-4)13-20(3)26(22,23)17-9-7-16(8-10-17)14(2)21/h6-12H,5,13H2,1-4H3. The maximum atomic E-state index is 12.7. The highest BCUT2D eigenvalue weighted by molar-refractivity contribution is 7.89. The molecule has 26 heavy (non-hydrogen) atoms. The molecule has 0 aliphatic rings. The number of methoxy groups -OCH3 is 1. The van der Waals surface area contributed by atoms with Gasteiger partial charge in [-0.2, -0.15) is 4.31 Å². The Hall–Kier alpha value is -2.38. The van der Waals surface area contributed by atoms with Gasteiger partial charge < -0.3 is 9.47 Å². The third kappa shape index (κ3) is 4.42. The molecule has 7 heteroatoms. The summed E-state index contributed by atoms with van der Waals surface area (Å²) >= 11 is 0. The summed E-state index contributed by atoms with van der Waals surface area (Å²) in [6, 6.07) is 11.3. The molecule has 0 heterocycles. The van der Waals surface area contributed by atoms with Gasteiger partial charge in [-0.25, -0.2) is 8.42 Å². The Balaban J connectivity index is 2.22. The zero-order chi connectivity index (χ0) is 19.3. The second kappa shape index (κ2) is 8.33. The van der Waals surface area contributed by atoms with E-state index in [1.165, 1.54) is 42.5 Å². The molecule has 0 spiro atoms. The van der Waals surface area contributed by atoms with Gasteiger partial charge in [-0.05, 0) is 43.7 Å². The number of benzene rings is 2. The Kier molecular flexibility index (Phi) is 6.39. The van der Waals surface area contributed by atoms with Crippen LogP contribution < -0.4 is 9.47 Å². The van der Waals surface area contributed by atoms with Crippen molar-refractivity contribution in [2.45, 2.75) is 25.3 Å². The lowest BCUT2D eigenvalue weighted by Gasteiger charge is -2.18. The Morgan fingerprint density at radius 1 is 1.08 bits per heavy atom. The lowest BCUT2D eigenvalue weighted by molar-refractivity contribution is 0.101. The summed E-state index contributed by atoms with van der Waals surface area (Å²) in [6.45, 7) is 4.01. The molecule has 2 aromatic carbocycles. The van der Waals surface area contributed by atoms with Crippen LogP contribution in [0.15, 0.2) is 47.4 Å². The van der Waals surface area contributed by atoms with Crippen LogP contribution in [-0.2, 0) is 16.6 Å². The highest BCUT2D eigenvalue weighted by Gasteiger charge is 2.21. The molecule has 0 unspecified atom stereocenters. The van der Waals surface area contributed by atoms with Crippen LogP contribution in [0.2, 0.25) is 0 Å². The van der Waals surface area contributed by atoms with Gasteiger partial charge in [0, 0.05) is 19.2 Å². The van der Waals surface area contributed by atoms with Crippen LogP contribution in [0, 0.1) is 0 Å². The topological polar surface area (TPSA) is 72.9 Å². The first kappa shape index (κ1) is 19.9. The molecular formula is C19H23NO5S. The Morgan fingerprint density at radius 2 is 1.73 bits per heavy atom. The second-order valence-corrected chi connectivity index (χ2v) is 7.80. The molecule has 0 aliphatic carbocycles. The van der Waals surface area contributed by atoms with Gasteiger partial charge in [0.2, 0.25) is 10.0 Å². The number of hydrogen-bond donors (Lipinski definition) is 0. The molecule has 140 valence electrons. The maximum absolute atomic E-state index is 12.7. The second-order valence-electron chi connectivity index (χ2n) is 5.76. The molecule has 6 nitrogen and oxygen atoms in total. The summed E-state index contributed by atoms with van der Waals surface area (Å²) in [5.74, 6) is 1.06. The molecule has 0 saturated carbocycles. The van der Waals surface area contributed by atoms with Gasteiger partial charge in [0.05, 0.1) is 18.6 Å². The van der Waals surface area contributed by atoms with Gasteiger partial charge in [-0.3, -0.25) is 4.79 Å². The van der Waals surface area contributed by atoms with Crippen molar-refractivity contribution < 1.29 is 22.7 Å². The molecular weight excluding hydrogens is 354 g/mol. The number of carbonyl (C=O) groups excluding carboxylic acids is 1. The van der Waals surface area contributed by atoms with Gasteiger partial charge in [0.1, 0.15) is 0 Å². The van der Waals surface area contributed by atoms with Crippen molar-refractivity contribution in [3.8, 4) is 11.5 Å². The highest BCUT2D eigenvalue weighted by Crippen LogP contribution is 2.29. The Bertz CT molecular complexity index is 875. The number of Topliss-reactive ketones (excluding diaryl/α,β-unsaturated/α-hetero) is 1. The number of nitrogens with zero attached hydrogens (tertiary/aromatic N) is 1. The lowest BCUT2D eigenvalue weighted by Crippen LogP contribution is -2.26. The minimum atomic E-state index is -3.67. The molecule has 0 N–H and O–H groups in total. The summed E-state index contributed by atoms with van der Waals surface area (Å²) in [5.41, 5.74) is 1.25. The van der Waals surface area contributed by atoms with Crippen LogP contribution in [0.5, 0.6) is 11.5 Å². The predicted octanol–water partition coefficient (Wildman–Crippen LogP) is 3.12. The number of hydrogen-bond acceptors (Lipinski definition) is 5. The van der Waals surface area contributed by atoms with Gasteiger partial charge >= 0.3 is 0 Å². The summed E-state index contributed by atoms with van der Waals surface area (Å²) in [6.07, 6.45) is 0. The lowest BCUT2D eigenvalue weighted by atomic mass is 10.2. The number of sulfonamides is 1. The monoisotopic (exact) mass is 377 g/mol. The minimum absolute atomic E-state index is 0.108. The van der Waals surface area contributed by atoms with Crippen LogP contribution >= 0.6 is 0 Å². The fourth-order valence-electron chi connectivity index (χ4n) is 2.47. The van der Waals surface area contributed by atoms with Crippen LogP contribution in [-0.4, -0.2) is 39.3 Å². The highest BCUT2D eigenvalue weighted by atomic mass is 32.2. The average Bonchev–Trinajstić information content (AvgIpc) is 2.63. The van der Waals surface area contributed by atoms with E-state index in [0.717, 1.165) is 5.56 Å². The zero-order valence-electron chi connectivity index (χ0n) is 15.4. The number of carbonyl (C=O) groups is 1. The van der Waals surface area contributed by atoms with Crippen molar-refractivity contribution >= 4 is 15.8 Å². The summed E-state index contributed by atoms with van der Waals surface area (Å²) in [7, 11) is -0.618. The summed E-state index contributed by atoms with van der Waals surface area (Å²) < 4.78 is 37.5. The molecule has 0 aromatic heterocycles. The fourth-order valence-corrected chi connectivity index (χ4v) is 3.63. The average molecular weight is 377 g/mol. The largest absolute Gasteiger partial charge is 0.493 e. The third-order valence-electron chi connectivity index (χ3n) is 3.90. The van der Waals surface area contributed by atoms with Crippen molar-refractivity contribution in [3.63, 3.8) is 0 Å². The SMILES string of the molecule is CCOc1ccc(CN(C)S(=O)(=O)c2ccc(C(C)=O)cc2)cc1OC. The van der Waals surface area contributed by atoms with Gasteiger partial charge in [0.25, 0.3) is 0 Å². The van der Waals surface area contributed by atoms with E-state index in [-0.39, 0.29) is 17.2 Å². The third-order valence-corrected chi connectivity index (χ3v) is 5.72. The first-order chi connectivity index (χ1) is 12.3. The molecule has 2 aromatic rings. The van der Waals surface area contributed by atoms with Crippen LogP contribution in [0.25, 0.3) is 0 Å². The summed E-state index contributed by atoms with van der Waals surface area (Å²) in [4.78, 5) is 11.5. The van der Waals surface area contributed by atoms with Gasteiger partial charge in [-0.1, -0.05) is 18.2 Å². The Morgan fingerprint density at radius 3 is 2.27 bits per heavy atom. The quantitative estimate of drug-likeness (QED) is 0.661. The normalized spacial score (nSPS) is 11.4. The molecule has 0 radical (unpaired) electrons. The smallest absolute Gasteiger partial charge is 0.243 e. The van der Waals surface area contributed by atoms with Crippen molar-refractivity contribution in [1.82, 2.24) is 4.31 Å². The van der Waals surface area contributed by atoms with E-state index in [1.807, 2.05) is 6.92 Å². The number of ketones is 1. The van der Waals surface area contributed by atoms with E-state index >= 15 is 0 Å². The van der Waals surface area contributed by atoms with Crippen molar-refractivity contribution in [3.05, 3.63) is 53.6 Å². The van der Waals surface area contributed by atoms with E-state index in [9.17, 15) is 13.2 Å². The molecule has 0 aliphatic heterocycles. The number of rotatable bonds is 8. The first-order valence-electron chi connectivity index (χ1n) is 8.16. The van der Waals surface area contributed by atoms with Crippen molar-refractivity contribution in [2.75, 3.05) is 20.8 Å². The van der Waals surface area contributed by atoms with Crippen molar-refractivity contribution in [1.29, 1.82) is 0 Å². The summed E-state index contributed by atoms with van der Waals surface area (Å²) in [5, 5.41) is 0. The van der Waals surface area contributed by atoms with Crippen LogP contribution in [0.1, 0.15) is 29.8 Å².